The summed E-state index contributed by atoms with van der Waals surface area (Å²) in [5.41, 5.74) is 13.2. The van der Waals surface area contributed by atoms with Gasteiger partial charge in [-0.15, -0.1) is 0 Å². The van der Waals surface area contributed by atoms with Gasteiger partial charge in [0.2, 0.25) is 0 Å². The Kier molecular flexibility index (Phi) is 2.96. The lowest BCUT2D eigenvalue weighted by molar-refractivity contribution is 0.100. The normalized spacial score (nSPS) is 24.0. The number of carbonyl (C=O) groups is 1. The first-order valence-electron chi connectivity index (χ1n) is 5.95. The van der Waals surface area contributed by atoms with Crippen LogP contribution in [0.2, 0.25) is 0 Å². The van der Waals surface area contributed by atoms with E-state index in [1.807, 2.05) is 12.1 Å². The molecular weight excluding hydrogens is 214 g/mol. The molecule has 0 aromatic heterocycles. The zero-order valence-electron chi connectivity index (χ0n) is 10.3. The molecule has 1 aromatic rings. The fourth-order valence-electron chi connectivity index (χ4n) is 2.65. The number of nitrogen functional groups attached to an aromatic ring is 1. The maximum Gasteiger partial charge on any atom is 0.250 e. The average molecular weight is 233 g/mol. The van der Waals surface area contributed by atoms with Crippen molar-refractivity contribution >= 4 is 17.3 Å². The number of anilines is 2. The second-order valence-electron chi connectivity index (χ2n) is 4.94. The molecule has 1 fully saturated rings. The van der Waals surface area contributed by atoms with Crippen LogP contribution in [0.1, 0.15) is 30.6 Å². The van der Waals surface area contributed by atoms with Crippen molar-refractivity contribution in [1.82, 2.24) is 0 Å². The van der Waals surface area contributed by atoms with Gasteiger partial charge in [-0.2, -0.15) is 0 Å². The Morgan fingerprint density at radius 2 is 2.12 bits per heavy atom. The van der Waals surface area contributed by atoms with Crippen LogP contribution in [-0.2, 0) is 0 Å². The van der Waals surface area contributed by atoms with Gasteiger partial charge in [-0.05, 0) is 31.4 Å². The summed E-state index contributed by atoms with van der Waals surface area (Å²) in [5, 5.41) is 0. The van der Waals surface area contributed by atoms with Crippen LogP contribution >= 0.6 is 0 Å². The van der Waals surface area contributed by atoms with Crippen LogP contribution in [0.5, 0.6) is 0 Å². The molecule has 4 N–H and O–H groups in total. The largest absolute Gasteiger partial charge is 0.396 e. The fourth-order valence-corrected chi connectivity index (χ4v) is 2.65. The molecule has 92 valence electrons. The highest BCUT2D eigenvalue weighted by atomic mass is 16.1. The van der Waals surface area contributed by atoms with Crippen molar-refractivity contribution in [2.45, 2.75) is 26.3 Å². The van der Waals surface area contributed by atoms with Crippen LogP contribution in [0.25, 0.3) is 0 Å². The standard InChI is InChI=1S/C13H19N3O/c1-8-6-9(2)16(7-8)11-5-3-4-10(12(11)14)13(15)17/h3-5,8-9H,6-7,14H2,1-2H3,(H2,15,17). The van der Waals surface area contributed by atoms with E-state index in [1.54, 1.807) is 6.07 Å². The summed E-state index contributed by atoms with van der Waals surface area (Å²) in [6.45, 7) is 5.39. The third-order valence-corrected chi connectivity index (χ3v) is 3.44. The van der Waals surface area contributed by atoms with Crippen molar-refractivity contribution in [3.63, 3.8) is 0 Å². The Balaban J connectivity index is 2.39. The molecule has 0 radical (unpaired) electrons. The highest BCUT2D eigenvalue weighted by molar-refractivity contribution is 6.00. The van der Waals surface area contributed by atoms with Gasteiger partial charge in [-0.3, -0.25) is 4.79 Å². The van der Waals surface area contributed by atoms with Gasteiger partial charge in [-0.1, -0.05) is 13.0 Å². The Bertz CT molecular complexity index is 444. The summed E-state index contributed by atoms with van der Waals surface area (Å²) < 4.78 is 0. The number of benzene rings is 1. The van der Waals surface area contributed by atoms with E-state index in [4.69, 9.17) is 11.5 Å². The minimum atomic E-state index is -0.468. The van der Waals surface area contributed by atoms with Crippen molar-refractivity contribution in [3.05, 3.63) is 23.8 Å². The number of hydrogen-bond donors (Lipinski definition) is 2. The first-order valence-corrected chi connectivity index (χ1v) is 5.95. The zero-order chi connectivity index (χ0) is 12.6. The van der Waals surface area contributed by atoms with Crippen molar-refractivity contribution in [2.24, 2.45) is 11.7 Å². The lowest BCUT2D eigenvalue weighted by atomic mass is 10.1. The van der Waals surface area contributed by atoms with Crippen molar-refractivity contribution in [2.75, 3.05) is 17.2 Å². The first-order chi connectivity index (χ1) is 8.00. The zero-order valence-corrected chi connectivity index (χ0v) is 10.3. The third kappa shape index (κ3) is 2.07. The lowest BCUT2D eigenvalue weighted by Gasteiger charge is -2.26. The minimum absolute atomic E-state index is 0.411. The van der Waals surface area contributed by atoms with Gasteiger partial charge >= 0.3 is 0 Å². The van der Waals surface area contributed by atoms with Gasteiger partial charge in [0, 0.05) is 12.6 Å². The first kappa shape index (κ1) is 11.8. The number of amides is 1. The molecule has 0 saturated carbocycles. The highest BCUT2D eigenvalue weighted by Crippen LogP contribution is 2.34. The van der Waals surface area contributed by atoms with Gasteiger partial charge in [-0.25, -0.2) is 0 Å². The van der Waals surface area contributed by atoms with Crippen LogP contribution in [0.4, 0.5) is 11.4 Å². The molecule has 0 spiro atoms. The quantitative estimate of drug-likeness (QED) is 0.762. The lowest BCUT2D eigenvalue weighted by Crippen LogP contribution is -2.28. The molecule has 1 heterocycles. The van der Waals surface area contributed by atoms with Crippen LogP contribution in [0.15, 0.2) is 18.2 Å². The monoisotopic (exact) mass is 233 g/mol. The molecule has 2 atom stereocenters. The molecule has 1 aliphatic rings. The van der Waals surface area contributed by atoms with E-state index < -0.39 is 5.91 Å². The minimum Gasteiger partial charge on any atom is -0.396 e. The molecule has 1 amide bonds. The van der Waals surface area contributed by atoms with E-state index in [2.05, 4.69) is 18.7 Å². The Morgan fingerprint density at radius 3 is 2.65 bits per heavy atom. The number of nitrogens with zero attached hydrogens (tertiary/aromatic N) is 1. The second kappa shape index (κ2) is 4.28. The molecule has 1 aromatic carbocycles. The molecule has 1 aliphatic heterocycles. The average Bonchev–Trinajstić information content (AvgIpc) is 2.57. The number of nitrogens with two attached hydrogens (primary N) is 2. The van der Waals surface area contributed by atoms with E-state index in [1.165, 1.54) is 0 Å². The SMILES string of the molecule is CC1CC(C)N(c2cccc(C(N)=O)c2N)C1. The van der Waals surface area contributed by atoms with Gasteiger partial charge in [0.15, 0.2) is 0 Å². The highest BCUT2D eigenvalue weighted by Gasteiger charge is 2.28. The fraction of sp³-hybridized carbons (Fsp3) is 0.462. The van der Waals surface area contributed by atoms with E-state index in [9.17, 15) is 4.79 Å². The maximum absolute atomic E-state index is 11.3. The van der Waals surface area contributed by atoms with E-state index in [-0.39, 0.29) is 0 Å². The van der Waals surface area contributed by atoms with Gasteiger partial charge < -0.3 is 16.4 Å². The summed E-state index contributed by atoms with van der Waals surface area (Å²) in [5.74, 6) is 0.186. The van der Waals surface area contributed by atoms with Crippen molar-refractivity contribution in [3.8, 4) is 0 Å². The number of rotatable bonds is 2. The van der Waals surface area contributed by atoms with Gasteiger partial charge in [0.25, 0.3) is 5.91 Å². The number of hydrogen-bond acceptors (Lipinski definition) is 3. The van der Waals surface area contributed by atoms with Crippen LogP contribution < -0.4 is 16.4 Å². The van der Waals surface area contributed by atoms with Crippen LogP contribution in [0, 0.1) is 5.92 Å². The molecule has 0 aliphatic carbocycles. The summed E-state index contributed by atoms with van der Waals surface area (Å²) >= 11 is 0. The smallest absolute Gasteiger partial charge is 0.250 e. The topological polar surface area (TPSA) is 72.3 Å². The molecule has 4 nitrogen and oxygen atoms in total. The molecule has 2 rings (SSSR count). The summed E-state index contributed by atoms with van der Waals surface area (Å²) in [6.07, 6.45) is 1.15. The molecule has 4 heteroatoms. The Hall–Kier alpha value is -1.71. The maximum atomic E-state index is 11.3. The van der Waals surface area contributed by atoms with E-state index in [0.717, 1.165) is 18.7 Å². The number of carbonyl (C=O) groups excluding carboxylic acids is 1. The number of para-hydroxylation sites is 1. The van der Waals surface area contributed by atoms with E-state index >= 15 is 0 Å². The molecular formula is C13H19N3O. The van der Waals surface area contributed by atoms with Gasteiger partial charge in [0.05, 0.1) is 16.9 Å². The number of primary amides is 1. The summed E-state index contributed by atoms with van der Waals surface area (Å²) in [7, 11) is 0. The summed E-state index contributed by atoms with van der Waals surface area (Å²) in [6, 6.07) is 5.92. The molecule has 2 unspecified atom stereocenters. The van der Waals surface area contributed by atoms with E-state index in [0.29, 0.717) is 23.2 Å². The molecule has 1 saturated heterocycles. The molecule has 17 heavy (non-hydrogen) atoms. The third-order valence-electron chi connectivity index (χ3n) is 3.44. The predicted octanol–water partition coefficient (Wildman–Crippen LogP) is 1.60. The van der Waals surface area contributed by atoms with Crippen LogP contribution in [0.3, 0.4) is 0 Å². The Labute approximate surface area is 102 Å². The summed E-state index contributed by atoms with van der Waals surface area (Å²) in [4.78, 5) is 13.5. The van der Waals surface area contributed by atoms with Gasteiger partial charge in [0.1, 0.15) is 0 Å². The second-order valence-corrected chi connectivity index (χ2v) is 4.94. The predicted molar refractivity (Wildman–Crippen MR) is 70.0 cm³/mol. The molecule has 0 bridgehead atoms. The van der Waals surface area contributed by atoms with Crippen molar-refractivity contribution in [1.29, 1.82) is 0 Å². The van der Waals surface area contributed by atoms with Crippen molar-refractivity contribution < 1.29 is 4.79 Å². The Morgan fingerprint density at radius 1 is 1.41 bits per heavy atom. The van der Waals surface area contributed by atoms with Crippen LogP contribution in [-0.4, -0.2) is 18.5 Å².